The summed E-state index contributed by atoms with van der Waals surface area (Å²) in [6.07, 6.45) is 3.93. The zero-order valence-corrected chi connectivity index (χ0v) is 11.7. The van der Waals surface area contributed by atoms with E-state index in [9.17, 15) is 14.9 Å². The van der Waals surface area contributed by atoms with E-state index in [1.54, 1.807) is 18.2 Å². The number of fused-ring (bicyclic) bond motifs is 1. The summed E-state index contributed by atoms with van der Waals surface area (Å²) in [5.74, 6) is -0.900. The van der Waals surface area contributed by atoms with Crippen LogP contribution < -0.4 is 5.73 Å². The molecule has 1 atom stereocenters. The second kappa shape index (κ2) is 8.01. The van der Waals surface area contributed by atoms with Gasteiger partial charge in [-0.05, 0) is 12.5 Å². The minimum Gasteiger partial charge on any atom is -0.480 e. The minimum absolute atomic E-state index is 0.0116. The fourth-order valence-corrected chi connectivity index (χ4v) is 1.67. The van der Waals surface area contributed by atoms with Crippen LogP contribution in [0, 0.1) is 10.1 Å². The maximum atomic E-state index is 10.5. The predicted octanol–water partition coefficient (Wildman–Crippen LogP) is 2.93. The quantitative estimate of drug-likeness (QED) is 0.646. The van der Waals surface area contributed by atoms with E-state index in [1.165, 1.54) is 12.3 Å². The summed E-state index contributed by atoms with van der Waals surface area (Å²) in [4.78, 5) is 20.1. The first kappa shape index (κ1) is 16.6. The molecule has 3 N–H and O–H groups in total. The Bertz CT molecular complexity index is 608. The third-order valence-electron chi connectivity index (χ3n) is 2.84. The Morgan fingerprint density at radius 1 is 1.48 bits per heavy atom. The van der Waals surface area contributed by atoms with Crippen molar-refractivity contribution in [2.75, 3.05) is 0 Å². The fourth-order valence-electron chi connectivity index (χ4n) is 1.67. The van der Waals surface area contributed by atoms with Gasteiger partial charge in [0.2, 0.25) is 5.58 Å². The standard InChI is InChI=1S/C8H5NO3.C6H13NO2/c10-9(11)7-3-1-2-6-4-5-12-8(6)7;1-2-3-4-5(7)6(8)9/h1-5H;5H,2-4,7H2,1H3,(H,8,9). The molecule has 0 radical (unpaired) electrons. The molecular weight excluding hydrogens is 276 g/mol. The van der Waals surface area contributed by atoms with Crippen LogP contribution in [-0.4, -0.2) is 22.0 Å². The van der Waals surface area contributed by atoms with E-state index in [1.807, 2.05) is 6.92 Å². The summed E-state index contributed by atoms with van der Waals surface area (Å²) in [5, 5.41) is 19.5. The van der Waals surface area contributed by atoms with E-state index in [0.717, 1.165) is 18.2 Å². The topological polar surface area (TPSA) is 120 Å². The predicted molar refractivity (Wildman–Crippen MR) is 78.0 cm³/mol. The molecule has 2 aromatic rings. The molecule has 1 aromatic heterocycles. The van der Waals surface area contributed by atoms with E-state index in [-0.39, 0.29) is 5.69 Å². The van der Waals surface area contributed by atoms with Crippen LogP contribution in [0.15, 0.2) is 34.9 Å². The number of non-ortho nitro benzene ring substituents is 1. The molecule has 1 heterocycles. The number of nitro groups is 1. The average molecular weight is 294 g/mol. The lowest BCUT2D eigenvalue weighted by atomic mass is 10.1. The zero-order valence-electron chi connectivity index (χ0n) is 11.7. The number of rotatable bonds is 5. The van der Waals surface area contributed by atoms with Crippen molar-refractivity contribution < 1.29 is 19.2 Å². The van der Waals surface area contributed by atoms with Gasteiger partial charge in [0.25, 0.3) is 0 Å². The number of nitro benzene ring substituents is 1. The molecule has 0 aliphatic carbocycles. The molecule has 7 nitrogen and oxygen atoms in total. The highest BCUT2D eigenvalue weighted by Crippen LogP contribution is 2.25. The lowest BCUT2D eigenvalue weighted by Crippen LogP contribution is -2.29. The summed E-state index contributed by atoms with van der Waals surface area (Å²) in [7, 11) is 0. The lowest BCUT2D eigenvalue weighted by Gasteiger charge is -2.02. The summed E-state index contributed by atoms with van der Waals surface area (Å²) < 4.78 is 4.97. The number of carbonyl (C=O) groups is 1. The number of hydrogen-bond donors (Lipinski definition) is 2. The Labute approximate surface area is 121 Å². The summed E-state index contributed by atoms with van der Waals surface area (Å²) in [5.41, 5.74) is 5.55. The van der Waals surface area contributed by atoms with E-state index < -0.39 is 16.9 Å². The van der Waals surface area contributed by atoms with Gasteiger partial charge in [0, 0.05) is 11.5 Å². The molecule has 1 aromatic carbocycles. The van der Waals surface area contributed by atoms with Crippen molar-refractivity contribution in [1.82, 2.24) is 0 Å². The minimum atomic E-state index is -0.900. The van der Waals surface area contributed by atoms with Crippen LogP contribution in [0.1, 0.15) is 26.2 Å². The molecule has 7 heteroatoms. The highest BCUT2D eigenvalue weighted by molar-refractivity contribution is 5.85. The normalized spacial score (nSPS) is 11.5. The Morgan fingerprint density at radius 3 is 2.76 bits per heavy atom. The lowest BCUT2D eigenvalue weighted by molar-refractivity contribution is -0.383. The Morgan fingerprint density at radius 2 is 2.19 bits per heavy atom. The molecule has 1 unspecified atom stereocenters. The molecule has 0 saturated carbocycles. The summed E-state index contributed by atoms with van der Waals surface area (Å²) in [6.45, 7) is 2.01. The molecule has 0 fully saturated rings. The number of hydrogen-bond acceptors (Lipinski definition) is 5. The van der Waals surface area contributed by atoms with E-state index in [2.05, 4.69) is 0 Å². The van der Waals surface area contributed by atoms with Crippen LogP contribution >= 0.6 is 0 Å². The van der Waals surface area contributed by atoms with Crippen LogP contribution in [0.25, 0.3) is 11.0 Å². The molecular formula is C14H18N2O5. The number of benzene rings is 1. The Balaban J connectivity index is 0.000000222. The van der Waals surface area contributed by atoms with Crippen LogP contribution in [0.3, 0.4) is 0 Å². The van der Waals surface area contributed by atoms with Gasteiger partial charge in [0.15, 0.2) is 0 Å². The maximum Gasteiger partial charge on any atom is 0.320 e. The van der Waals surface area contributed by atoms with Crippen molar-refractivity contribution in [3.05, 3.63) is 40.6 Å². The molecule has 0 aliphatic heterocycles. The van der Waals surface area contributed by atoms with Crippen LogP contribution in [0.5, 0.6) is 0 Å². The molecule has 0 aliphatic rings. The van der Waals surface area contributed by atoms with Crippen molar-refractivity contribution in [2.24, 2.45) is 5.73 Å². The number of aliphatic carboxylic acids is 1. The number of furan rings is 1. The van der Waals surface area contributed by atoms with Crippen LogP contribution in [0.2, 0.25) is 0 Å². The van der Waals surface area contributed by atoms with Crippen molar-refractivity contribution in [2.45, 2.75) is 32.2 Å². The van der Waals surface area contributed by atoms with E-state index in [4.69, 9.17) is 15.3 Å². The van der Waals surface area contributed by atoms with E-state index >= 15 is 0 Å². The van der Waals surface area contributed by atoms with Gasteiger partial charge in [0.05, 0.1) is 11.2 Å². The van der Waals surface area contributed by atoms with Gasteiger partial charge < -0.3 is 15.3 Å². The van der Waals surface area contributed by atoms with Gasteiger partial charge in [-0.3, -0.25) is 14.9 Å². The van der Waals surface area contributed by atoms with Crippen molar-refractivity contribution in [3.8, 4) is 0 Å². The smallest absolute Gasteiger partial charge is 0.320 e. The number of para-hydroxylation sites is 1. The molecule has 2 rings (SSSR count). The number of carboxylic acid groups (broad SMARTS) is 1. The van der Waals surface area contributed by atoms with Gasteiger partial charge in [-0.25, -0.2) is 0 Å². The molecule has 0 spiro atoms. The molecule has 0 saturated heterocycles. The van der Waals surface area contributed by atoms with Gasteiger partial charge in [0.1, 0.15) is 6.04 Å². The Kier molecular flexibility index (Phi) is 6.35. The van der Waals surface area contributed by atoms with Crippen molar-refractivity contribution in [1.29, 1.82) is 0 Å². The van der Waals surface area contributed by atoms with Crippen LogP contribution in [0.4, 0.5) is 5.69 Å². The largest absolute Gasteiger partial charge is 0.480 e. The third-order valence-corrected chi connectivity index (χ3v) is 2.84. The Hall–Kier alpha value is -2.41. The number of nitrogens with zero attached hydrogens (tertiary/aromatic N) is 1. The molecule has 114 valence electrons. The van der Waals surface area contributed by atoms with E-state index in [0.29, 0.717) is 12.0 Å². The first-order valence-electron chi connectivity index (χ1n) is 6.56. The number of carboxylic acids is 1. The van der Waals surface area contributed by atoms with Gasteiger partial charge >= 0.3 is 11.7 Å². The first-order chi connectivity index (χ1) is 9.97. The summed E-state index contributed by atoms with van der Waals surface area (Å²) in [6, 6.07) is 5.86. The van der Waals surface area contributed by atoms with Gasteiger partial charge in [-0.1, -0.05) is 31.9 Å². The second-order valence-electron chi connectivity index (χ2n) is 4.46. The van der Waals surface area contributed by atoms with Crippen LogP contribution in [-0.2, 0) is 4.79 Å². The van der Waals surface area contributed by atoms with Crippen molar-refractivity contribution >= 4 is 22.6 Å². The average Bonchev–Trinajstić information content (AvgIpc) is 2.93. The summed E-state index contributed by atoms with van der Waals surface area (Å²) >= 11 is 0. The highest BCUT2D eigenvalue weighted by Gasteiger charge is 2.12. The second-order valence-corrected chi connectivity index (χ2v) is 4.46. The van der Waals surface area contributed by atoms with Gasteiger partial charge in [-0.2, -0.15) is 0 Å². The third kappa shape index (κ3) is 4.88. The maximum absolute atomic E-state index is 10.5. The SMILES string of the molecule is CCCCC(N)C(=O)O.O=[N+]([O-])c1cccc2ccoc12. The first-order valence-corrected chi connectivity index (χ1v) is 6.56. The molecule has 21 heavy (non-hydrogen) atoms. The number of nitrogens with two attached hydrogens (primary N) is 1. The highest BCUT2D eigenvalue weighted by atomic mass is 16.6. The number of unbranched alkanes of at least 4 members (excludes halogenated alkanes) is 1. The monoisotopic (exact) mass is 294 g/mol. The zero-order chi connectivity index (χ0) is 15.8. The van der Waals surface area contributed by atoms with Crippen molar-refractivity contribution in [3.63, 3.8) is 0 Å². The van der Waals surface area contributed by atoms with Gasteiger partial charge in [-0.15, -0.1) is 0 Å². The fraction of sp³-hybridized carbons (Fsp3) is 0.357. The molecule has 0 bridgehead atoms. The molecule has 0 amide bonds.